The van der Waals surface area contributed by atoms with Gasteiger partial charge in [-0.15, -0.1) is 0 Å². The van der Waals surface area contributed by atoms with E-state index >= 15 is 0 Å². The second-order valence-corrected chi connectivity index (χ2v) is 8.54. The first kappa shape index (κ1) is 22.2. The molecule has 0 aliphatic carbocycles. The number of anilines is 2. The zero-order valence-electron chi connectivity index (χ0n) is 17.4. The molecule has 2 atom stereocenters. The predicted molar refractivity (Wildman–Crippen MR) is 127 cm³/mol. The third-order valence-corrected chi connectivity index (χ3v) is 6.19. The van der Waals surface area contributed by atoms with Gasteiger partial charge in [-0.25, -0.2) is 4.79 Å². The Hall–Kier alpha value is -3.04. The van der Waals surface area contributed by atoms with Gasteiger partial charge in [-0.05, 0) is 67.1 Å². The number of benzene rings is 3. The maximum Gasteiger partial charge on any atom is 0.332 e. The predicted octanol–water partition coefficient (Wildman–Crippen LogP) is 6.33. The summed E-state index contributed by atoms with van der Waals surface area (Å²) >= 11 is 12.1. The van der Waals surface area contributed by atoms with Crippen LogP contribution in [0.5, 0.6) is 0 Å². The minimum atomic E-state index is -1.71. The molecule has 4 rings (SSSR count). The lowest BCUT2D eigenvalue weighted by Crippen LogP contribution is -2.49. The molecule has 0 saturated carbocycles. The third-order valence-electron chi connectivity index (χ3n) is 5.68. The second kappa shape index (κ2) is 8.84. The van der Waals surface area contributed by atoms with Crippen LogP contribution < -0.4 is 9.80 Å². The second-order valence-electron chi connectivity index (χ2n) is 7.66. The van der Waals surface area contributed by atoms with E-state index in [0.717, 1.165) is 6.42 Å². The standard InChI is InChI=1S/C25H21Cl2N3O2/c1-2-4-23-25(32,18-6-3-5-17(15-18)16-28)30(22-13-9-20(27)10-14-22)24(31)29(23)21-11-7-19(26)8-12-21/h3,5-15,23,32H,2,4H2,1H3/t23-,25?/m1/s1. The molecule has 0 aromatic heterocycles. The quantitative estimate of drug-likeness (QED) is 0.478. The van der Waals surface area contributed by atoms with Crippen molar-refractivity contribution in [3.63, 3.8) is 0 Å². The van der Waals surface area contributed by atoms with E-state index in [0.29, 0.717) is 39.0 Å². The molecule has 1 fully saturated rings. The maximum absolute atomic E-state index is 13.9. The molecule has 5 nitrogen and oxygen atoms in total. The SMILES string of the molecule is CCC[C@H]1N(c2ccc(Cl)cc2)C(=O)N(c2ccc(Cl)cc2)C1(O)c1cccc(C#N)c1. The zero-order chi connectivity index (χ0) is 22.9. The van der Waals surface area contributed by atoms with Crippen LogP contribution in [0.25, 0.3) is 0 Å². The van der Waals surface area contributed by atoms with Crippen molar-refractivity contribution >= 4 is 40.6 Å². The number of amides is 2. The van der Waals surface area contributed by atoms with Crippen molar-refractivity contribution < 1.29 is 9.90 Å². The van der Waals surface area contributed by atoms with Gasteiger partial charge in [-0.3, -0.25) is 9.80 Å². The fraction of sp³-hybridized carbons (Fsp3) is 0.200. The van der Waals surface area contributed by atoms with Crippen molar-refractivity contribution in [2.24, 2.45) is 0 Å². The van der Waals surface area contributed by atoms with E-state index in [1.165, 1.54) is 4.90 Å². The summed E-state index contributed by atoms with van der Waals surface area (Å²) in [6.45, 7) is 2.00. The lowest BCUT2D eigenvalue weighted by Gasteiger charge is -2.37. The highest BCUT2D eigenvalue weighted by Crippen LogP contribution is 2.46. The van der Waals surface area contributed by atoms with E-state index in [-0.39, 0.29) is 6.03 Å². The minimum absolute atomic E-state index is 0.377. The van der Waals surface area contributed by atoms with Gasteiger partial charge in [0.15, 0.2) is 5.72 Å². The fourth-order valence-electron chi connectivity index (χ4n) is 4.25. The zero-order valence-corrected chi connectivity index (χ0v) is 18.9. The molecule has 1 heterocycles. The van der Waals surface area contributed by atoms with Crippen LogP contribution in [-0.2, 0) is 5.72 Å². The number of rotatable bonds is 5. The van der Waals surface area contributed by atoms with Gasteiger partial charge in [0.2, 0.25) is 0 Å². The van der Waals surface area contributed by atoms with Crippen molar-refractivity contribution in [1.82, 2.24) is 0 Å². The molecule has 2 amide bonds. The summed E-state index contributed by atoms with van der Waals surface area (Å²) in [6, 6.07) is 21.6. The Morgan fingerprint density at radius 3 is 2.16 bits per heavy atom. The van der Waals surface area contributed by atoms with Crippen molar-refractivity contribution in [3.05, 3.63) is 94.0 Å². The van der Waals surface area contributed by atoms with E-state index in [2.05, 4.69) is 6.07 Å². The molecule has 0 radical (unpaired) electrons. The number of hydrogen-bond acceptors (Lipinski definition) is 3. The molecule has 0 spiro atoms. The lowest BCUT2D eigenvalue weighted by atomic mass is 9.89. The van der Waals surface area contributed by atoms with E-state index in [1.54, 1.807) is 77.7 Å². The van der Waals surface area contributed by atoms with Crippen LogP contribution in [0.4, 0.5) is 16.2 Å². The largest absolute Gasteiger partial charge is 0.365 e. The Bertz CT molecular complexity index is 1180. The minimum Gasteiger partial charge on any atom is -0.365 e. The lowest BCUT2D eigenvalue weighted by molar-refractivity contribution is 0.0290. The first-order valence-corrected chi connectivity index (χ1v) is 11.0. The van der Waals surface area contributed by atoms with Gasteiger partial charge in [0.05, 0.1) is 17.7 Å². The van der Waals surface area contributed by atoms with Gasteiger partial charge >= 0.3 is 6.03 Å². The summed E-state index contributed by atoms with van der Waals surface area (Å²) in [6.07, 6.45) is 1.27. The van der Waals surface area contributed by atoms with Crippen LogP contribution in [0, 0.1) is 11.3 Å². The molecule has 1 unspecified atom stereocenters. The van der Waals surface area contributed by atoms with E-state index < -0.39 is 11.8 Å². The van der Waals surface area contributed by atoms with Crippen molar-refractivity contribution in [3.8, 4) is 6.07 Å². The first-order chi connectivity index (χ1) is 15.4. The van der Waals surface area contributed by atoms with Gasteiger partial charge in [-0.2, -0.15) is 5.26 Å². The number of halogens is 2. The molecule has 7 heteroatoms. The molecule has 32 heavy (non-hydrogen) atoms. The summed E-state index contributed by atoms with van der Waals surface area (Å²) in [5, 5.41) is 22.8. The maximum atomic E-state index is 13.9. The van der Waals surface area contributed by atoms with E-state index in [1.807, 2.05) is 6.92 Å². The topological polar surface area (TPSA) is 67.6 Å². The average molecular weight is 466 g/mol. The van der Waals surface area contributed by atoms with Crippen LogP contribution in [0.1, 0.15) is 30.9 Å². The molecule has 0 bridgehead atoms. The number of carbonyl (C=O) groups is 1. The molecule has 1 N–H and O–H groups in total. The monoisotopic (exact) mass is 465 g/mol. The van der Waals surface area contributed by atoms with Gasteiger partial charge in [-0.1, -0.05) is 48.7 Å². The van der Waals surface area contributed by atoms with E-state index in [4.69, 9.17) is 23.2 Å². The summed E-state index contributed by atoms with van der Waals surface area (Å²) in [5.74, 6) is 0. The van der Waals surface area contributed by atoms with Crippen LogP contribution in [0.15, 0.2) is 72.8 Å². The molecule has 3 aromatic rings. The van der Waals surface area contributed by atoms with Gasteiger partial charge in [0.1, 0.15) is 0 Å². The van der Waals surface area contributed by atoms with Crippen LogP contribution in [0.3, 0.4) is 0 Å². The summed E-state index contributed by atoms with van der Waals surface area (Å²) in [7, 11) is 0. The Morgan fingerprint density at radius 2 is 1.59 bits per heavy atom. The highest BCUT2D eigenvalue weighted by Gasteiger charge is 2.58. The highest BCUT2D eigenvalue weighted by atomic mass is 35.5. The van der Waals surface area contributed by atoms with Crippen LogP contribution >= 0.6 is 23.2 Å². The fourth-order valence-corrected chi connectivity index (χ4v) is 4.50. The molecule has 1 saturated heterocycles. The first-order valence-electron chi connectivity index (χ1n) is 10.3. The van der Waals surface area contributed by atoms with Crippen LogP contribution in [-0.4, -0.2) is 17.2 Å². The van der Waals surface area contributed by atoms with Gasteiger partial charge in [0.25, 0.3) is 0 Å². The van der Waals surface area contributed by atoms with Gasteiger partial charge in [0, 0.05) is 27.0 Å². The number of nitrogens with zero attached hydrogens (tertiary/aromatic N) is 3. The third kappa shape index (κ3) is 3.71. The normalized spacial score (nSPS) is 20.5. The summed E-state index contributed by atoms with van der Waals surface area (Å²) in [5.41, 5.74) is 0.285. The Labute approximate surface area is 197 Å². The Balaban J connectivity index is 1.96. The molecule has 3 aromatic carbocycles. The molecule has 1 aliphatic rings. The Kier molecular flexibility index (Phi) is 6.12. The number of carbonyl (C=O) groups excluding carboxylic acids is 1. The summed E-state index contributed by atoms with van der Waals surface area (Å²) < 4.78 is 0. The molecular weight excluding hydrogens is 445 g/mol. The van der Waals surface area contributed by atoms with Crippen LogP contribution in [0.2, 0.25) is 10.0 Å². The van der Waals surface area contributed by atoms with Gasteiger partial charge < -0.3 is 5.11 Å². The highest BCUT2D eigenvalue weighted by molar-refractivity contribution is 6.31. The molecule has 1 aliphatic heterocycles. The van der Waals surface area contributed by atoms with E-state index in [9.17, 15) is 15.2 Å². The molecular formula is C25H21Cl2N3O2. The number of urea groups is 1. The number of nitriles is 1. The van der Waals surface area contributed by atoms with Crippen molar-refractivity contribution in [1.29, 1.82) is 5.26 Å². The Morgan fingerprint density at radius 1 is 1.00 bits per heavy atom. The van der Waals surface area contributed by atoms with Crippen molar-refractivity contribution in [2.75, 3.05) is 9.80 Å². The smallest absolute Gasteiger partial charge is 0.332 e. The van der Waals surface area contributed by atoms with Crippen molar-refractivity contribution in [2.45, 2.75) is 31.5 Å². The number of aliphatic hydroxyl groups is 1. The summed E-state index contributed by atoms with van der Waals surface area (Å²) in [4.78, 5) is 16.9. The average Bonchev–Trinajstić information content (AvgIpc) is 3.03. The number of hydrogen-bond donors (Lipinski definition) is 1. The molecule has 162 valence electrons.